The molecule has 2 rings (SSSR count). The summed E-state index contributed by atoms with van der Waals surface area (Å²) >= 11 is 0. The van der Waals surface area contributed by atoms with E-state index in [4.69, 9.17) is 0 Å². The minimum atomic E-state index is 0.716. The van der Waals surface area contributed by atoms with Crippen LogP contribution in [-0.4, -0.2) is 23.5 Å². The second kappa shape index (κ2) is 1.97. The molecule has 0 aromatic carbocycles. The molecule has 2 aliphatic rings. The first-order valence-electron chi connectivity index (χ1n) is 4.52. The zero-order valence-electron chi connectivity index (χ0n) is 7.06. The minimum absolute atomic E-state index is 0.716. The first-order valence-corrected chi connectivity index (χ1v) is 4.52. The van der Waals surface area contributed by atoms with Gasteiger partial charge >= 0.3 is 0 Å². The van der Waals surface area contributed by atoms with Crippen molar-refractivity contribution in [2.45, 2.75) is 38.6 Å². The molecular weight excluding hydrogens is 122 g/mol. The van der Waals surface area contributed by atoms with Crippen LogP contribution >= 0.6 is 0 Å². The van der Waals surface area contributed by atoms with Crippen molar-refractivity contribution in [2.75, 3.05) is 13.1 Å². The van der Waals surface area contributed by atoms with Gasteiger partial charge in [0.15, 0.2) is 0 Å². The second-order valence-corrected chi connectivity index (χ2v) is 4.09. The summed E-state index contributed by atoms with van der Waals surface area (Å²) in [7, 11) is 0. The Hall–Kier alpha value is -0.0400. The number of rotatable bonds is 1. The minimum Gasteiger partial charge on any atom is -0.295 e. The van der Waals surface area contributed by atoms with Gasteiger partial charge in [0, 0.05) is 12.1 Å². The molecule has 1 aliphatic heterocycles. The van der Waals surface area contributed by atoms with Crippen LogP contribution in [0, 0.1) is 5.92 Å². The molecule has 1 spiro atoms. The Kier molecular flexibility index (Phi) is 1.31. The Bertz CT molecular complexity index is 144. The van der Waals surface area contributed by atoms with Crippen molar-refractivity contribution in [3.8, 4) is 0 Å². The van der Waals surface area contributed by atoms with E-state index in [2.05, 4.69) is 18.7 Å². The van der Waals surface area contributed by atoms with E-state index in [1.54, 1.807) is 0 Å². The van der Waals surface area contributed by atoms with Crippen LogP contribution in [0.5, 0.6) is 0 Å². The standard InChI is InChI=1S/C9H17N/c1-3-10-7-9(10)5-4-8(2)6-9/h8H,3-7H2,1-2H3. The highest BCUT2D eigenvalue weighted by atomic mass is 15.4. The Labute approximate surface area is 63.4 Å². The van der Waals surface area contributed by atoms with Crippen LogP contribution in [0.1, 0.15) is 33.1 Å². The Morgan fingerprint density at radius 2 is 2.40 bits per heavy atom. The third-order valence-corrected chi connectivity index (χ3v) is 3.27. The second-order valence-electron chi connectivity index (χ2n) is 4.09. The molecule has 10 heavy (non-hydrogen) atoms. The van der Waals surface area contributed by atoms with Gasteiger partial charge in [0.25, 0.3) is 0 Å². The summed E-state index contributed by atoms with van der Waals surface area (Å²) in [6, 6.07) is 0. The summed E-state index contributed by atoms with van der Waals surface area (Å²) in [6.45, 7) is 7.33. The van der Waals surface area contributed by atoms with E-state index in [-0.39, 0.29) is 0 Å². The maximum atomic E-state index is 2.62. The molecule has 1 heteroatoms. The van der Waals surface area contributed by atoms with E-state index >= 15 is 0 Å². The van der Waals surface area contributed by atoms with Gasteiger partial charge < -0.3 is 0 Å². The van der Waals surface area contributed by atoms with Crippen LogP contribution in [-0.2, 0) is 0 Å². The summed E-state index contributed by atoms with van der Waals surface area (Å²) in [5.74, 6) is 0.997. The number of nitrogens with zero attached hydrogens (tertiary/aromatic N) is 1. The summed E-state index contributed by atoms with van der Waals surface area (Å²) < 4.78 is 0. The van der Waals surface area contributed by atoms with Crippen LogP contribution in [0.3, 0.4) is 0 Å². The van der Waals surface area contributed by atoms with Gasteiger partial charge in [0.2, 0.25) is 0 Å². The van der Waals surface area contributed by atoms with Crippen LogP contribution in [0.2, 0.25) is 0 Å². The fraction of sp³-hybridized carbons (Fsp3) is 1.00. The normalized spacial score (nSPS) is 52.2. The first-order chi connectivity index (χ1) is 4.77. The highest BCUT2D eigenvalue weighted by Gasteiger charge is 2.53. The molecule has 1 aliphatic carbocycles. The van der Waals surface area contributed by atoms with Crippen LogP contribution in [0.15, 0.2) is 0 Å². The van der Waals surface area contributed by atoms with Gasteiger partial charge in [0.05, 0.1) is 0 Å². The average molecular weight is 139 g/mol. The number of likely N-dealkylation sites (N-methyl/N-ethyl adjacent to an activating group) is 1. The van der Waals surface area contributed by atoms with Gasteiger partial charge in [-0.3, -0.25) is 4.90 Å². The van der Waals surface area contributed by atoms with E-state index in [9.17, 15) is 0 Å². The molecule has 0 N–H and O–H groups in total. The SMILES string of the molecule is CCN1CC12CCC(C)C2. The van der Waals surface area contributed by atoms with Crippen molar-refractivity contribution >= 4 is 0 Å². The predicted molar refractivity (Wildman–Crippen MR) is 43.0 cm³/mol. The maximum Gasteiger partial charge on any atom is 0.0340 e. The van der Waals surface area contributed by atoms with Crippen LogP contribution in [0.25, 0.3) is 0 Å². The third kappa shape index (κ3) is 0.800. The topological polar surface area (TPSA) is 3.01 Å². The van der Waals surface area contributed by atoms with E-state index in [1.807, 2.05) is 0 Å². The van der Waals surface area contributed by atoms with Crippen molar-refractivity contribution in [1.29, 1.82) is 0 Å². The Morgan fingerprint density at radius 1 is 1.60 bits per heavy atom. The molecule has 2 fully saturated rings. The van der Waals surface area contributed by atoms with Gasteiger partial charge in [0.1, 0.15) is 0 Å². The molecule has 0 amide bonds. The van der Waals surface area contributed by atoms with Crippen molar-refractivity contribution < 1.29 is 0 Å². The lowest BCUT2D eigenvalue weighted by molar-refractivity contribution is 0.416. The van der Waals surface area contributed by atoms with E-state index in [0.717, 1.165) is 5.92 Å². The average Bonchev–Trinajstić information content (AvgIpc) is 2.46. The Morgan fingerprint density at radius 3 is 2.80 bits per heavy atom. The molecule has 1 heterocycles. The summed E-state index contributed by atoms with van der Waals surface area (Å²) in [5.41, 5.74) is 0.716. The van der Waals surface area contributed by atoms with E-state index < -0.39 is 0 Å². The highest BCUT2D eigenvalue weighted by Crippen LogP contribution is 2.48. The Balaban J connectivity index is 1.96. The predicted octanol–water partition coefficient (Wildman–Crippen LogP) is 1.88. The molecule has 1 nitrogen and oxygen atoms in total. The fourth-order valence-electron chi connectivity index (χ4n) is 2.57. The third-order valence-electron chi connectivity index (χ3n) is 3.27. The van der Waals surface area contributed by atoms with Crippen molar-refractivity contribution in [2.24, 2.45) is 5.92 Å². The van der Waals surface area contributed by atoms with Gasteiger partial charge in [-0.15, -0.1) is 0 Å². The molecule has 3 unspecified atom stereocenters. The summed E-state index contributed by atoms with van der Waals surface area (Å²) in [4.78, 5) is 2.62. The monoisotopic (exact) mass is 139 g/mol. The first kappa shape index (κ1) is 6.66. The zero-order chi connectivity index (χ0) is 7.19. The maximum absolute atomic E-state index is 2.62. The van der Waals surface area contributed by atoms with Crippen LogP contribution < -0.4 is 0 Å². The lowest BCUT2D eigenvalue weighted by Gasteiger charge is -2.07. The largest absolute Gasteiger partial charge is 0.295 e. The highest BCUT2D eigenvalue weighted by molar-refractivity contribution is 5.10. The molecule has 1 saturated heterocycles. The lowest BCUT2D eigenvalue weighted by Crippen LogP contribution is -2.13. The molecule has 1 saturated carbocycles. The molecule has 3 atom stereocenters. The summed E-state index contributed by atoms with van der Waals surface area (Å²) in [6.07, 6.45) is 4.42. The zero-order valence-corrected chi connectivity index (χ0v) is 7.06. The summed E-state index contributed by atoms with van der Waals surface area (Å²) in [5, 5.41) is 0. The number of hydrogen-bond acceptors (Lipinski definition) is 1. The quantitative estimate of drug-likeness (QED) is 0.501. The van der Waals surface area contributed by atoms with Crippen LogP contribution in [0.4, 0.5) is 0 Å². The van der Waals surface area contributed by atoms with Crippen molar-refractivity contribution in [3.63, 3.8) is 0 Å². The molecule has 0 aromatic rings. The molecule has 58 valence electrons. The number of hydrogen-bond donors (Lipinski definition) is 0. The molecular formula is C9H17N. The smallest absolute Gasteiger partial charge is 0.0340 e. The van der Waals surface area contributed by atoms with Crippen molar-refractivity contribution in [1.82, 2.24) is 4.90 Å². The fourth-order valence-corrected chi connectivity index (χ4v) is 2.57. The van der Waals surface area contributed by atoms with E-state index in [1.165, 1.54) is 32.4 Å². The van der Waals surface area contributed by atoms with Crippen molar-refractivity contribution in [3.05, 3.63) is 0 Å². The lowest BCUT2D eigenvalue weighted by atomic mass is 10.1. The molecule has 0 radical (unpaired) electrons. The molecule has 0 aromatic heterocycles. The molecule has 0 bridgehead atoms. The van der Waals surface area contributed by atoms with Gasteiger partial charge in [-0.1, -0.05) is 13.8 Å². The van der Waals surface area contributed by atoms with E-state index in [0.29, 0.717) is 5.54 Å². The van der Waals surface area contributed by atoms with Gasteiger partial charge in [-0.25, -0.2) is 0 Å². The van der Waals surface area contributed by atoms with Gasteiger partial charge in [-0.2, -0.15) is 0 Å². The van der Waals surface area contributed by atoms with Gasteiger partial charge in [-0.05, 0) is 31.7 Å².